The van der Waals surface area contributed by atoms with Gasteiger partial charge in [0.25, 0.3) is 5.69 Å². The Bertz CT molecular complexity index is 1440. The maximum absolute atomic E-state index is 11.1. The molecule has 4 aromatic rings. The van der Waals surface area contributed by atoms with Crippen molar-refractivity contribution in [3.05, 3.63) is 76.3 Å². The largest absolute Gasteiger partial charge is 0.507 e. The minimum atomic E-state index is -0.470. The van der Waals surface area contributed by atoms with E-state index in [1.807, 2.05) is 35.2 Å². The van der Waals surface area contributed by atoms with Gasteiger partial charge in [-0.1, -0.05) is 36.4 Å². The molecule has 12 nitrogen and oxygen atoms in total. The van der Waals surface area contributed by atoms with Gasteiger partial charge < -0.3 is 20.1 Å². The smallest absolute Gasteiger partial charge is 0.271 e. The van der Waals surface area contributed by atoms with Crippen LogP contribution in [0.15, 0.2) is 65.8 Å². The van der Waals surface area contributed by atoms with Crippen LogP contribution in [0, 0.1) is 10.1 Å². The van der Waals surface area contributed by atoms with Crippen LogP contribution in [0.5, 0.6) is 5.75 Å². The molecule has 5 rings (SSSR count). The Balaban J connectivity index is 1.44. The fourth-order valence-corrected chi connectivity index (χ4v) is 3.78. The number of hydrogen-bond acceptors (Lipinski definition) is 11. The van der Waals surface area contributed by atoms with Gasteiger partial charge in [-0.3, -0.25) is 10.1 Å². The number of hydrogen-bond donors (Lipinski definition) is 3. The van der Waals surface area contributed by atoms with Crippen molar-refractivity contribution in [2.45, 2.75) is 0 Å². The zero-order chi connectivity index (χ0) is 24.9. The number of ether oxygens (including phenoxy) is 1. The Kier molecular flexibility index (Phi) is 6.49. The molecule has 1 aliphatic heterocycles. The van der Waals surface area contributed by atoms with Crippen LogP contribution in [-0.4, -0.2) is 57.5 Å². The fourth-order valence-electron chi connectivity index (χ4n) is 3.78. The number of nitro benzene ring substituents is 1. The molecule has 0 saturated carbocycles. The van der Waals surface area contributed by atoms with Crippen molar-refractivity contribution in [2.75, 3.05) is 41.9 Å². The van der Waals surface area contributed by atoms with Gasteiger partial charge in [0.1, 0.15) is 5.75 Å². The number of fused-ring (bicyclic) bond motifs is 1. The first kappa shape index (κ1) is 22.9. The van der Waals surface area contributed by atoms with E-state index in [2.05, 4.69) is 30.8 Å². The van der Waals surface area contributed by atoms with Gasteiger partial charge >= 0.3 is 0 Å². The van der Waals surface area contributed by atoms with E-state index in [0.717, 1.165) is 10.8 Å². The number of anilines is 4. The number of aromatic hydroxyl groups is 1. The Morgan fingerprint density at radius 1 is 1.03 bits per heavy atom. The molecule has 1 aromatic heterocycles. The van der Waals surface area contributed by atoms with E-state index in [1.165, 1.54) is 18.3 Å². The van der Waals surface area contributed by atoms with Crippen molar-refractivity contribution < 1.29 is 14.8 Å². The highest BCUT2D eigenvalue weighted by molar-refractivity contribution is 6.02. The number of aromatic nitrogens is 3. The van der Waals surface area contributed by atoms with Crippen molar-refractivity contribution in [3.8, 4) is 5.75 Å². The third kappa shape index (κ3) is 5.13. The van der Waals surface area contributed by atoms with Crippen molar-refractivity contribution in [3.63, 3.8) is 0 Å². The van der Waals surface area contributed by atoms with Gasteiger partial charge in [-0.05, 0) is 22.9 Å². The van der Waals surface area contributed by atoms with Crippen LogP contribution >= 0.6 is 0 Å². The van der Waals surface area contributed by atoms with Gasteiger partial charge in [0.05, 0.1) is 24.4 Å². The first-order valence-corrected chi connectivity index (χ1v) is 11.2. The monoisotopic (exact) mass is 486 g/mol. The zero-order valence-electron chi connectivity index (χ0n) is 19.0. The number of non-ortho nitro benzene ring substituents is 1. The lowest BCUT2D eigenvalue weighted by atomic mass is 10.0. The second kappa shape index (κ2) is 10.2. The molecule has 1 saturated heterocycles. The number of nitro groups is 1. The maximum atomic E-state index is 11.1. The average molecular weight is 486 g/mol. The Morgan fingerprint density at radius 3 is 2.67 bits per heavy atom. The molecule has 1 fully saturated rings. The number of nitrogens with zero attached hydrogens (tertiary/aromatic N) is 6. The van der Waals surface area contributed by atoms with Crippen molar-refractivity contribution >= 4 is 46.2 Å². The third-order valence-electron chi connectivity index (χ3n) is 5.54. The molecule has 0 unspecified atom stereocenters. The number of nitrogens with one attached hydrogen (secondary N) is 2. The Morgan fingerprint density at radius 2 is 1.83 bits per heavy atom. The molecule has 0 bridgehead atoms. The van der Waals surface area contributed by atoms with Crippen LogP contribution in [0.4, 0.5) is 29.2 Å². The SMILES string of the molecule is O=[N+]([O-])c1cccc(Nc2nc(N/N=C\c3c(O)ccc4ccccc34)nc(N3CCOCC3)n2)c1. The van der Waals surface area contributed by atoms with E-state index in [0.29, 0.717) is 43.5 Å². The molecule has 2 heterocycles. The lowest BCUT2D eigenvalue weighted by Crippen LogP contribution is -2.37. The summed E-state index contributed by atoms with van der Waals surface area (Å²) >= 11 is 0. The fraction of sp³-hybridized carbons (Fsp3) is 0.167. The van der Waals surface area contributed by atoms with Crippen molar-refractivity contribution in [1.29, 1.82) is 0 Å². The minimum absolute atomic E-state index is 0.0553. The van der Waals surface area contributed by atoms with Gasteiger partial charge in [-0.2, -0.15) is 20.1 Å². The van der Waals surface area contributed by atoms with Gasteiger partial charge in [-0.15, -0.1) is 0 Å². The molecular weight excluding hydrogens is 464 g/mol. The van der Waals surface area contributed by atoms with E-state index in [1.54, 1.807) is 18.2 Å². The number of morpholine rings is 1. The summed E-state index contributed by atoms with van der Waals surface area (Å²) in [6.07, 6.45) is 1.50. The Hall–Kier alpha value is -4.84. The highest BCUT2D eigenvalue weighted by Gasteiger charge is 2.17. The van der Waals surface area contributed by atoms with Gasteiger partial charge in [0.2, 0.25) is 17.8 Å². The molecule has 182 valence electrons. The normalized spacial score (nSPS) is 13.7. The molecule has 0 amide bonds. The van der Waals surface area contributed by atoms with Crippen LogP contribution in [0.3, 0.4) is 0 Å². The van der Waals surface area contributed by atoms with Crippen LogP contribution in [0.25, 0.3) is 10.8 Å². The summed E-state index contributed by atoms with van der Waals surface area (Å²) in [6.45, 7) is 2.29. The van der Waals surface area contributed by atoms with Crippen molar-refractivity contribution in [1.82, 2.24) is 15.0 Å². The zero-order valence-corrected chi connectivity index (χ0v) is 19.0. The van der Waals surface area contributed by atoms with E-state index >= 15 is 0 Å². The summed E-state index contributed by atoms with van der Waals surface area (Å²) in [7, 11) is 0. The molecule has 0 aliphatic carbocycles. The highest BCUT2D eigenvalue weighted by Crippen LogP contribution is 2.26. The summed E-state index contributed by atoms with van der Waals surface area (Å²) in [5.74, 6) is 0.858. The number of hydrazone groups is 1. The first-order valence-electron chi connectivity index (χ1n) is 11.2. The Labute approximate surface area is 205 Å². The van der Waals surface area contributed by atoms with Crippen LogP contribution < -0.4 is 15.6 Å². The molecule has 0 spiro atoms. The summed E-state index contributed by atoms with van der Waals surface area (Å²) in [5.41, 5.74) is 3.77. The molecule has 1 aliphatic rings. The molecule has 0 atom stereocenters. The molecule has 12 heteroatoms. The number of phenolic OH excluding ortho intramolecular Hbond substituents is 1. The molecule has 3 N–H and O–H groups in total. The predicted octanol–water partition coefficient (Wildman–Crippen LogP) is 3.66. The number of benzene rings is 3. The molecule has 0 radical (unpaired) electrons. The second-order valence-corrected chi connectivity index (χ2v) is 7.90. The van der Waals surface area contributed by atoms with Gasteiger partial charge in [0.15, 0.2) is 0 Å². The topological polar surface area (TPSA) is 151 Å². The van der Waals surface area contributed by atoms with Crippen LogP contribution in [0.1, 0.15) is 5.56 Å². The lowest BCUT2D eigenvalue weighted by molar-refractivity contribution is -0.384. The van der Waals surface area contributed by atoms with E-state index in [4.69, 9.17) is 4.74 Å². The highest BCUT2D eigenvalue weighted by atomic mass is 16.6. The second-order valence-electron chi connectivity index (χ2n) is 7.90. The van der Waals surface area contributed by atoms with Gasteiger partial charge in [0, 0.05) is 36.5 Å². The summed E-state index contributed by atoms with van der Waals surface area (Å²) in [6, 6.07) is 17.2. The number of phenols is 1. The van der Waals surface area contributed by atoms with E-state index in [9.17, 15) is 15.2 Å². The van der Waals surface area contributed by atoms with Crippen LogP contribution in [0.2, 0.25) is 0 Å². The van der Waals surface area contributed by atoms with E-state index in [-0.39, 0.29) is 23.3 Å². The maximum Gasteiger partial charge on any atom is 0.271 e. The van der Waals surface area contributed by atoms with E-state index < -0.39 is 4.92 Å². The summed E-state index contributed by atoms with van der Waals surface area (Å²) in [4.78, 5) is 25.9. The molecule has 36 heavy (non-hydrogen) atoms. The quantitative estimate of drug-likeness (QED) is 0.200. The minimum Gasteiger partial charge on any atom is -0.507 e. The average Bonchev–Trinajstić information content (AvgIpc) is 2.90. The predicted molar refractivity (Wildman–Crippen MR) is 136 cm³/mol. The number of rotatable bonds is 7. The summed E-state index contributed by atoms with van der Waals surface area (Å²) < 4.78 is 5.42. The third-order valence-corrected chi connectivity index (χ3v) is 5.54. The first-order chi connectivity index (χ1) is 17.6. The molecule has 3 aromatic carbocycles. The van der Waals surface area contributed by atoms with Crippen LogP contribution in [-0.2, 0) is 4.74 Å². The van der Waals surface area contributed by atoms with Gasteiger partial charge in [-0.25, -0.2) is 5.43 Å². The lowest BCUT2D eigenvalue weighted by Gasteiger charge is -2.27. The molecular formula is C24H22N8O4. The standard InChI is InChI=1S/C24H22N8O4/c33-21-9-8-16-4-1-2-7-19(16)20(21)15-25-30-23-27-22(26-17-5-3-6-18(14-17)32(34)35)28-24(29-23)31-10-12-36-13-11-31/h1-9,14-15,33H,10-13H2,(H2,26,27,28,29,30)/b25-15-. The summed E-state index contributed by atoms with van der Waals surface area (Å²) in [5, 5.41) is 30.6. The van der Waals surface area contributed by atoms with Crippen molar-refractivity contribution in [2.24, 2.45) is 5.10 Å².